The summed E-state index contributed by atoms with van der Waals surface area (Å²) >= 11 is 0. The maximum atomic E-state index is 12.6. The Kier molecular flexibility index (Phi) is 5.84. The van der Waals surface area contributed by atoms with Crippen molar-refractivity contribution in [1.29, 1.82) is 5.26 Å². The Balaban J connectivity index is 2.51. The molecule has 6 heteroatoms. The van der Waals surface area contributed by atoms with Crippen LogP contribution >= 0.6 is 0 Å². The first-order chi connectivity index (χ1) is 9.22. The van der Waals surface area contributed by atoms with Gasteiger partial charge in [-0.1, -0.05) is 6.92 Å². The second kappa shape index (κ2) is 6.77. The van der Waals surface area contributed by atoms with Gasteiger partial charge in [-0.25, -0.2) is 0 Å². The quantitative estimate of drug-likeness (QED) is 0.846. The van der Waals surface area contributed by atoms with E-state index in [2.05, 4.69) is 16.3 Å². The lowest BCUT2D eigenvalue weighted by Gasteiger charge is -2.39. The van der Waals surface area contributed by atoms with E-state index in [0.717, 1.165) is 0 Å². The van der Waals surface area contributed by atoms with Gasteiger partial charge in [0.1, 0.15) is 5.54 Å². The molecule has 0 radical (unpaired) electrons. The summed E-state index contributed by atoms with van der Waals surface area (Å²) in [6.45, 7) is 7.39. The number of nitrogens with zero attached hydrogens (tertiary/aromatic N) is 2. The second-order valence-corrected chi connectivity index (χ2v) is 5.88. The van der Waals surface area contributed by atoms with Crippen molar-refractivity contribution in [3.63, 3.8) is 0 Å². The molecule has 2 unspecified atom stereocenters. The van der Waals surface area contributed by atoms with Crippen molar-refractivity contribution in [2.45, 2.75) is 57.8 Å². The number of hydrogen-bond acceptors (Lipinski definition) is 3. The van der Waals surface area contributed by atoms with Crippen LogP contribution < -0.4 is 5.32 Å². The van der Waals surface area contributed by atoms with E-state index in [-0.39, 0.29) is 18.9 Å². The van der Waals surface area contributed by atoms with E-state index in [0.29, 0.717) is 26.1 Å². The van der Waals surface area contributed by atoms with Gasteiger partial charge in [0.25, 0.3) is 0 Å². The Morgan fingerprint density at radius 3 is 2.30 bits per heavy atom. The number of hydrogen-bond donors (Lipinski definition) is 1. The Bertz CT molecular complexity index is 343. The van der Waals surface area contributed by atoms with E-state index in [9.17, 15) is 18.4 Å². The van der Waals surface area contributed by atoms with Crippen LogP contribution in [0, 0.1) is 17.2 Å². The first kappa shape index (κ1) is 17.3. The van der Waals surface area contributed by atoms with Gasteiger partial charge >= 0.3 is 6.18 Å². The maximum absolute atomic E-state index is 12.6. The molecule has 0 amide bonds. The molecule has 1 aliphatic rings. The van der Waals surface area contributed by atoms with Crippen LogP contribution in [0.2, 0.25) is 0 Å². The highest BCUT2D eigenvalue weighted by Crippen LogP contribution is 2.35. The molecule has 1 N–H and O–H groups in total. The van der Waals surface area contributed by atoms with Crippen LogP contribution in [0.15, 0.2) is 0 Å². The Labute approximate surface area is 119 Å². The third-order valence-electron chi connectivity index (χ3n) is 4.13. The second-order valence-electron chi connectivity index (χ2n) is 5.88. The molecule has 1 rings (SSSR count). The van der Waals surface area contributed by atoms with Crippen molar-refractivity contribution in [3.8, 4) is 6.07 Å². The molecule has 2 atom stereocenters. The highest BCUT2D eigenvalue weighted by atomic mass is 19.4. The molecule has 0 spiro atoms. The third kappa shape index (κ3) is 4.64. The van der Waals surface area contributed by atoms with E-state index in [4.69, 9.17) is 0 Å². The number of piperidine rings is 1. The number of rotatable bonds is 5. The lowest BCUT2D eigenvalue weighted by molar-refractivity contribution is -0.186. The van der Waals surface area contributed by atoms with Crippen LogP contribution in [0.3, 0.4) is 0 Å². The molecular formula is C14H24F3N3. The monoisotopic (exact) mass is 291 g/mol. The molecule has 116 valence electrons. The molecule has 0 aromatic rings. The van der Waals surface area contributed by atoms with Gasteiger partial charge in [0.15, 0.2) is 0 Å². The standard InChI is InChI=1S/C14H24F3N3/c1-4-19-13(3,10-18)9-11(2)20-7-5-12(6-8-20)14(15,16)17/h11-12,19H,4-9H2,1-3H3. The predicted molar refractivity (Wildman–Crippen MR) is 72.1 cm³/mol. The first-order valence-electron chi connectivity index (χ1n) is 7.19. The van der Waals surface area contributed by atoms with E-state index < -0.39 is 17.6 Å². The molecule has 1 aliphatic heterocycles. The number of nitrogens with one attached hydrogen (secondary N) is 1. The fourth-order valence-corrected chi connectivity index (χ4v) is 2.93. The maximum Gasteiger partial charge on any atom is 0.391 e. The smallest absolute Gasteiger partial charge is 0.301 e. The summed E-state index contributed by atoms with van der Waals surface area (Å²) in [5.74, 6) is -1.16. The molecule has 0 aliphatic carbocycles. The summed E-state index contributed by atoms with van der Waals surface area (Å²) in [4.78, 5) is 2.06. The summed E-state index contributed by atoms with van der Waals surface area (Å²) < 4.78 is 37.9. The zero-order valence-electron chi connectivity index (χ0n) is 12.4. The highest BCUT2D eigenvalue weighted by molar-refractivity contribution is 5.05. The lowest BCUT2D eigenvalue weighted by atomic mass is 9.91. The van der Waals surface area contributed by atoms with Crippen LogP contribution in [-0.2, 0) is 0 Å². The van der Waals surface area contributed by atoms with Gasteiger partial charge in [-0.2, -0.15) is 18.4 Å². The zero-order valence-corrected chi connectivity index (χ0v) is 12.4. The summed E-state index contributed by atoms with van der Waals surface area (Å²) in [6, 6.07) is 2.37. The molecule has 1 fully saturated rings. The Morgan fingerprint density at radius 2 is 1.90 bits per heavy atom. The average Bonchev–Trinajstić information content (AvgIpc) is 2.38. The fourth-order valence-electron chi connectivity index (χ4n) is 2.93. The number of likely N-dealkylation sites (tertiary alicyclic amines) is 1. The molecule has 0 aromatic heterocycles. The molecule has 20 heavy (non-hydrogen) atoms. The third-order valence-corrected chi connectivity index (χ3v) is 4.13. The summed E-state index contributed by atoms with van der Waals surface area (Å²) in [5.41, 5.74) is -0.616. The fraction of sp³-hybridized carbons (Fsp3) is 0.929. The molecule has 3 nitrogen and oxygen atoms in total. The van der Waals surface area contributed by atoms with E-state index >= 15 is 0 Å². The minimum Gasteiger partial charge on any atom is -0.301 e. The van der Waals surface area contributed by atoms with E-state index in [1.165, 1.54) is 0 Å². The number of halogens is 3. The van der Waals surface area contributed by atoms with Gasteiger partial charge in [0, 0.05) is 6.04 Å². The molecule has 0 aromatic carbocycles. The first-order valence-corrected chi connectivity index (χ1v) is 7.19. The van der Waals surface area contributed by atoms with Crippen molar-refractivity contribution < 1.29 is 13.2 Å². The van der Waals surface area contributed by atoms with Gasteiger partial charge in [0.05, 0.1) is 12.0 Å². The van der Waals surface area contributed by atoms with Crippen LogP contribution in [-0.4, -0.2) is 42.3 Å². The van der Waals surface area contributed by atoms with Gasteiger partial charge < -0.3 is 4.90 Å². The lowest BCUT2D eigenvalue weighted by Crippen LogP contribution is -2.49. The van der Waals surface area contributed by atoms with Crippen LogP contribution in [0.5, 0.6) is 0 Å². The van der Waals surface area contributed by atoms with Crippen molar-refractivity contribution in [2.75, 3.05) is 19.6 Å². The molecule has 0 bridgehead atoms. The summed E-state index contributed by atoms with van der Waals surface area (Å²) in [6.07, 6.45) is -3.12. The summed E-state index contributed by atoms with van der Waals surface area (Å²) in [5, 5.41) is 12.4. The van der Waals surface area contributed by atoms with E-state index in [1.807, 2.05) is 20.8 Å². The SMILES string of the molecule is CCNC(C)(C#N)CC(C)N1CCC(C(F)(F)F)CC1. The van der Waals surface area contributed by atoms with Crippen LogP contribution in [0.4, 0.5) is 13.2 Å². The van der Waals surface area contributed by atoms with Gasteiger partial charge in [-0.05, 0) is 52.7 Å². The minimum atomic E-state index is -4.07. The largest absolute Gasteiger partial charge is 0.391 e. The molecular weight excluding hydrogens is 267 g/mol. The van der Waals surface area contributed by atoms with Crippen molar-refractivity contribution in [1.82, 2.24) is 10.2 Å². The normalized spacial score (nSPS) is 23.1. The van der Waals surface area contributed by atoms with Gasteiger partial charge in [0.2, 0.25) is 0 Å². The van der Waals surface area contributed by atoms with Crippen molar-refractivity contribution in [2.24, 2.45) is 5.92 Å². The van der Waals surface area contributed by atoms with Gasteiger partial charge in [-0.15, -0.1) is 0 Å². The van der Waals surface area contributed by atoms with Gasteiger partial charge in [-0.3, -0.25) is 5.32 Å². The number of alkyl halides is 3. The Morgan fingerprint density at radius 1 is 1.35 bits per heavy atom. The average molecular weight is 291 g/mol. The summed E-state index contributed by atoms with van der Waals surface area (Å²) in [7, 11) is 0. The topological polar surface area (TPSA) is 39.1 Å². The van der Waals surface area contributed by atoms with Crippen molar-refractivity contribution >= 4 is 0 Å². The van der Waals surface area contributed by atoms with Crippen LogP contribution in [0.25, 0.3) is 0 Å². The molecule has 0 saturated carbocycles. The van der Waals surface area contributed by atoms with Crippen LogP contribution in [0.1, 0.15) is 40.0 Å². The molecule has 1 saturated heterocycles. The minimum absolute atomic E-state index is 0.105. The zero-order chi connectivity index (χ0) is 15.4. The van der Waals surface area contributed by atoms with E-state index in [1.54, 1.807) is 0 Å². The predicted octanol–water partition coefficient (Wildman–Crippen LogP) is 2.93. The molecule has 1 heterocycles. The number of nitriles is 1. The Hall–Kier alpha value is -0.800. The highest BCUT2D eigenvalue weighted by Gasteiger charge is 2.42. The van der Waals surface area contributed by atoms with Crippen molar-refractivity contribution in [3.05, 3.63) is 0 Å².